The van der Waals surface area contributed by atoms with Gasteiger partial charge >= 0.3 is 0 Å². The fourth-order valence-electron chi connectivity index (χ4n) is 4.68. The highest BCUT2D eigenvalue weighted by molar-refractivity contribution is 7.18. The number of aryl methyl sites for hydroxylation is 5. The summed E-state index contributed by atoms with van der Waals surface area (Å²) in [6, 6.07) is 13.8. The number of amides is 1. The molecule has 0 unspecified atom stereocenters. The number of hydrogen-bond acceptors (Lipinski definition) is 4. The van der Waals surface area contributed by atoms with E-state index in [1.165, 1.54) is 4.88 Å². The summed E-state index contributed by atoms with van der Waals surface area (Å²) in [5.41, 5.74) is 5.84. The summed E-state index contributed by atoms with van der Waals surface area (Å²) in [7, 11) is 0. The number of anilines is 1. The molecular formula is C27H27N3O2S. The topological polar surface area (TPSA) is 64.0 Å². The molecule has 0 aliphatic heterocycles. The van der Waals surface area contributed by atoms with Crippen molar-refractivity contribution < 1.29 is 4.79 Å². The van der Waals surface area contributed by atoms with Crippen molar-refractivity contribution in [3.63, 3.8) is 0 Å². The molecule has 5 rings (SSSR count). The smallest absolute Gasteiger partial charge is 0.263 e. The Kier molecular flexibility index (Phi) is 5.62. The molecule has 0 fully saturated rings. The molecule has 2 aromatic heterocycles. The largest absolute Gasteiger partial charge is 0.324 e. The van der Waals surface area contributed by atoms with E-state index in [0.717, 1.165) is 64.0 Å². The van der Waals surface area contributed by atoms with Crippen LogP contribution in [0.2, 0.25) is 0 Å². The van der Waals surface area contributed by atoms with Crippen LogP contribution < -0.4 is 10.9 Å². The molecule has 2 aromatic carbocycles. The van der Waals surface area contributed by atoms with Crippen molar-refractivity contribution in [3.05, 3.63) is 79.9 Å². The van der Waals surface area contributed by atoms with Crippen LogP contribution in [0.3, 0.4) is 0 Å². The second-order valence-corrected chi connectivity index (χ2v) is 10.0. The van der Waals surface area contributed by atoms with Crippen molar-refractivity contribution in [2.45, 2.75) is 53.0 Å². The summed E-state index contributed by atoms with van der Waals surface area (Å²) >= 11 is 1.64. The Morgan fingerprint density at radius 2 is 1.85 bits per heavy atom. The van der Waals surface area contributed by atoms with Gasteiger partial charge in [0.15, 0.2) is 0 Å². The zero-order chi connectivity index (χ0) is 23.1. The normalized spacial score (nSPS) is 13.2. The molecule has 1 aliphatic rings. The van der Waals surface area contributed by atoms with E-state index in [1.54, 1.807) is 15.9 Å². The average molecular weight is 458 g/mol. The van der Waals surface area contributed by atoms with Gasteiger partial charge in [0.25, 0.3) is 5.56 Å². The van der Waals surface area contributed by atoms with Crippen molar-refractivity contribution in [2.24, 2.45) is 0 Å². The van der Waals surface area contributed by atoms with Crippen LogP contribution in [0.1, 0.15) is 40.0 Å². The van der Waals surface area contributed by atoms with Crippen LogP contribution in [0.15, 0.2) is 47.3 Å². The van der Waals surface area contributed by atoms with Gasteiger partial charge in [0.1, 0.15) is 17.2 Å². The van der Waals surface area contributed by atoms with Crippen molar-refractivity contribution >= 4 is 33.1 Å². The molecule has 1 amide bonds. The molecule has 33 heavy (non-hydrogen) atoms. The van der Waals surface area contributed by atoms with E-state index in [4.69, 9.17) is 4.98 Å². The van der Waals surface area contributed by atoms with E-state index in [9.17, 15) is 9.59 Å². The van der Waals surface area contributed by atoms with Crippen molar-refractivity contribution in [1.29, 1.82) is 0 Å². The van der Waals surface area contributed by atoms with E-state index in [2.05, 4.69) is 5.32 Å². The number of carbonyl (C=O) groups excluding carboxylic acids is 1. The predicted octanol–water partition coefficient (Wildman–Crippen LogP) is 5.57. The van der Waals surface area contributed by atoms with Crippen LogP contribution in [-0.4, -0.2) is 15.5 Å². The molecule has 0 spiro atoms. The molecule has 168 valence electrons. The molecule has 0 saturated heterocycles. The standard InChI is InChI=1S/C27H27N3O2S/c1-16-7-6-8-19(14-16)25-29-26-24(20-9-4-5-10-22(20)33-26)27(32)30(25)15-23(31)28-21-12-11-17(2)13-18(21)3/h6-8,11-14H,4-5,9-10,15H2,1-3H3,(H,28,31). The Balaban J connectivity index is 1.62. The predicted molar refractivity (Wildman–Crippen MR) is 135 cm³/mol. The van der Waals surface area contributed by atoms with Gasteiger partial charge in [0.2, 0.25) is 5.91 Å². The zero-order valence-electron chi connectivity index (χ0n) is 19.2. The molecule has 6 heteroatoms. The maximum Gasteiger partial charge on any atom is 0.263 e. The first-order chi connectivity index (χ1) is 15.9. The summed E-state index contributed by atoms with van der Waals surface area (Å²) in [4.78, 5) is 33.9. The van der Waals surface area contributed by atoms with Crippen LogP contribution in [0.4, 0.5) is 5.69 Å². The Morgan fingerprint density at radius 3 is 2.64 bits per heavy atom. The Morgan fingerprint density at radius 1 is 1.06 bits per heavy atom. The van der Waals surface area contributed by atoms with Crippen molar-refractivity contribution in [3.8, 4) is 11.4 Å². The Labute approximate surface area is 197 Å². The van der Waals surface area contributed by atoms with Crippen LogP contribution in [0.25, 0.3) is 21.6 Å². The summed E-state index contributed by atoms with van der Waals surface area (Å²) in [5.74, 6) is 0.314. The Hall–Kier alpha value is -3.25. The van der Waals surface area contributed by atoms with Gasteiger partial charge in [-0.2, -0.15) is 0 Å². The minimum Gasteiger partial charge on any atom is -0.324 e. The fraction of sp³-hybridized carbons (Fsp3) is 0.296. The highest BCUT2D eigenvalue weighted by Crippen LogP contribution is 2.35. The summed E-state index contributed by atoms with van der Waals surface area (Å²) < 4.78 is 1.55. The monoisotopic (exact) mass is 457 g/mol. The first kappa shape index (κ1) is 21.6. The SMILES string of the molecule is Cc1cccc(-c2nc3sc4c(c3c(=O)n2CC(=O)Nc2ccc(C)cc2C)CCCC4)c1. The summed E-state index contributed by atoms with van der Waals surface area (Å²) in [5, 5.41) is 3.68. The number of hydrogen-bond donors (Lipinski definition) is 1. The fourth-order valence-corrected chi connectivity index (χ4v) is 5.93. The lowest BCUT2D eigenvalue weighted by atomic mass is 9.97. The maximum absolute atomic E-state index is 13.8. The lowest BCUT2D eigenvalue weighted by Gasteiger charge is -2.15. The number of carbonyl (C=O) groups is 1. The minimum absolute atomic E-state index is 0.0804. The first-order valence-corrected chi connectivity index (χ1v) is 12.2. The first-order valence-electron chi connectivity index (χ1n) is 11.4. The number of rotatable bonds is 4. The number of fused-ring (bicyclic) bond motifs is 3. The molecule has 2 heterocycles. The molecule has 0 saturated carbocycles. The van der Waals surface area contributed by atoms with Gasteiger partial charge in [-0.25, -0.2) is 4.98 Å². The second kappa shape index (κ2) is 8.60. The third-order valence-corrected chi connectivity index (χ3v) is 7.49. The molecule has 0 atom stereocenters. The van der Waals surface area contributed by atoms with Gasteiger partial charge in [-0.3, -0.25) is 14.2 Å². The number of nitrogens with one attached hydrogen (secondary N) is 1. The van der Waals surface area contributed by atoms with Crippen LogP contribution in [0.5, 0.6) is 0 Å². The molecule has 0 radical (unpaired) electrons. The van der Waals surface area contributed by atoms with Gasteiger partial charge in [-0.05, 0) is 69.7 Å². The molecule has 1 aliphatic carbocycles. The number of thiophene rings is 1. The van der Waals surface area contributed by atoms with Crippen LogP contribution >= 0.6 is 11.3 Å². The molecule has 5 nitrogen and oxygen atoms in total. The number of nitrogens with zero attached hydrogens (tertiary/aromatic N) is 2. The summed E-state index contributed by atoms with van der Waals surface area (Å²) in [6.07, 6.45) is 4.15. The zero-order valence-corrected chi connectivity index (χ0v) is 20.0. The summed E-state index contributed by atoms with van der Waals surface area (Å²) in [6.45, 7) is 5.93. The third kappa shape index (κ3) is 4.11. The van der Waals surface area contributed by atoms with E-state index >= 15 is 0 Å². The molecular weight excluding hydrogens is 430 g/mol. The highest BCUT2D eigenvalue weighted by Gasteiger charge is 2.23. The van der Waals surface area contributed by atoms with Gasteiger partial charge in [0, 0.05) is 16.1 Å². The molecule has 0 bridgehead atoms. The van der Waals surface area contributed by atoms with E-state index in [0.29, 0.717) is 11.2 Å². The van der Waals surface area contributed by atoms with E-state index in [1.807, 2.05) is 63.2 Å². The average Bonchev–Trinajstić information content (AvgIpc) is 3.16. The van der Waals surface area contributed by atoms with Crippen LogP contribution in [0, 0.1) is 20.8 Å². The van der Waals surface area contributed by atoms with E-state index in [-0.39, 0.29) is 18.0 Å². The number of aromatic nitrogens is 2. The van der Waals surface area contributed by atoms with Gasteiger partial charge < -0.3 is 5.32 Å². The van der Waals surface area contributed by atoms with Gasteiger partial charge in [-0.1, -0.05) is 41.5 Å². The molecule has 4 aromatic rings. The lowest BCUT2D eigenvalue weighted by molar-refractivity contribution is -0.116. The van der Waals surface area contributed by atoms with Crippen LogP contribution in [-0.2, 0) is 24.2 Å². The quantitative estimate of drug-likeness (QED) is 0.436. The lowest BCUT2D eigenvalue weighted by Crippen LogP contribution is -2.30. The Bertz CT molecular complexity index is 1450. The van der Waals surface area contributed by atoms with E-state index < -0.39 is 0 Å². The highest BCUT2D eigenvalue weighted by atomic mass is 32.1. The second-order valence-electron chi connectivity index (χ2n) is 8.95. The van der Waals surface area contributed by atoms with Gasteiger partial charge in [0.05, 0.1) is 5.39 Å². The third-order valence-electron chi connectivity index (χ3n) is 6.31. The maximum atomic E-state index is 13.8. The van der Waals surface area contributed by atoms with Crippen molar-refractivity contribution in [1.82, 2.24) is 9.55 Å². The number of benzene rings is 2. The molecule has 1 N–H and O–H groups in total. The van der Waals surface area contributed by atoms with Gasteiger partial charge in [-0.15, -0.1) is 11.3 Å². The van der Waals surface area contributed by atoms with Crippen molar-refractivity contribution in [2.75, 3.05) is 5.32 Å². The minimum atomic E-state index is -0.233.